The van der Waals surface area contributed by atoms with Crippen LogP contribution in [0, 0.1) is 5.92 Å². The number of aryl methyl sites for hydroxylation is 2. The van der Waals surface area contributed by atoms with E-state index in [2.05, 4.69) is 44.7 Å². The number of para-hydroxylation sites is 2. The predicted octanol–water partition coefficient (Wildman–Crippen LogP) is 2.56. The lowest BCUT2D eigenvalue weighted by molar-refractivity contribution is -0.0344. The molecule has 1 fully saturated rings. The molecule has 1 saturated heterocycles. The van der Waals surface area contributed by atoms with Gasteiger partial charge in [-0.1, -0.05) is 12.1 Å². The van der Waals surface area contributed by atoms with Crippen LogP contribution in [0.3, 0.4) is 0 Å². The van der Waals surface area contributed by atoms with Gasteiger partial charge in [0.2, 0.25) is 0 Å². The minimum Gasteiger partial charge on any atom is -0.370 e. The van der Waals surface area contributed by atoms with Gasteiger partial charge >= 0.3 is 0 Å². The van der Waals surface area contributed by atoms with Crippen molar-refractivity contribution in [3.05, 3.63) is 48.3 Å². The Hall–Kier alpha value is -2.18. The smallest absolute Gasteiger partial charge is 0.137 e. The van der Waals surface area contributed by atoms with Crippen molar-refractivity contribution in [3.8, 4) is 0 Å². The maximum atomic E-state index is 6.05. The van der Waals surface area contributed by atoms with Crippen LogP contribution in [-0.4, -0.2) is 32.3 Å². The molecule has 3 heterocycles. The molecule has 132 valence electrons. The van der Waals surface area contributed by atoms with E-state index < -0.39 is 0 Å². The van der Waals surface area contributed by atoms with Crippen LogP contribution >= 0.6 is 0 Å². The van der Waals surface area contributed by atoms with E-state index in [1.165, 1.54) is 5.52 Å². The maximum Gasteiger partial charge on any atom is 0.137 e. The van der Waals surface area contributed by atoms with Gasteiger partial charge in [-0.15, -0.1) is 0 Å². The number of nitrogens with zero attached hydrogens (tertiary/aromatic N) is 4. The van der Waals surface area contributed by atoms with E-state index in [9.17, 15) is 0 Å². The zero-order valence-electron chi connectivity index (χ0n) is 14.9. The second-order valence-corrected chi connectivity index (χ2v) is 6.80. The third-order valence-corrected chi connectivity index (χ3v) is 5.13. The molecule has 0 aliphatic carbocycles. The number of imidazole rings is 2. The largest absolute Gasteiger partial charge is 0.370 e. The van der Waals surface area contributed by atoms with E-state index in [0.29, 0.717) is 5.92 Å². The van der Waals surface area contributed by atoms with Crippen molar-refractivity contribution in [2.24, 2.45) is 20.0 Å². The standard InChI is InChI=1S/C19H25N5O/c1-23-10-9-21-19(23)18-14(6-5-11-25-18)12-20-13-17-22-15-7-3-4-8-16(15)24(17)2/h3-4,7-10,14,18,20H,5-6,11-13H2,1-2H3/t14-,18+/m0/s1. The Balaban J connectivity index is 1.43. The zero-order valence-corrected chi connectivity index (χ0v) is 14.9. The third kappa shape index (κ3) is 3.19. The molecule has 0 amide bonds. The van der Waals surface area contributed by atoms with Crippen LogP contribution < -0.4 is 5.32 Å². The lowest BCUT2D eigenvalue weighted by atomic mass is 9.93. The van der Waals surface area contributed by atoms with Crippen LogP contribution in [0.5, 0.6) is 0 Å². The predicted molar refractivity (Wildman–Crippen MR) is 97.0 cm³/mol. The summed E-state index contributed by atoms with van der Waals surface area (Å²) in [6.45, 7) is 2.48. The van der Waals surface area contributed by atoms with Gasteiger partial charge in [0.15, 0.2) is 0 Å². The topological polar surface area (TPSA) is 56.9 Å². The van der Waals surface area contributed by atoms with Gasteiger partial charge in [-0.25, -0.2) is 9.97 Å². The summed E-state index contributed by atoms with van der Waals surface area (Å²) in [4.78, 5) is 9.22. The molecule has 1 aromatic carbocycles. The number of rotatable bonds is 5. The first-order valence-corrected chi connectivity index (χ1v) is 8.94. The van der Waals surface area contributed by atoms with Gasteiger partial charge in [0.1, 0.15) is 17.8 Å². The van der Waals surface area contributed by atoms with Gasteiger partial charge in [-0.3, -0.25) is 0 Å². The van der Waals surface area contributed by atoms with Gasteiger partial charge in [-0.2, -0.15) is 0 Å². The van der Waals surface area contributed by atoms with E-state index >= 15 is 0 Å². The molecular formula is C19H25N5O. The summed E-state index contributed by atoms with van der Waals surface area (Å²) in [6.07, 6.45) is 6.17. The first-order chi connectivity index (χ1) is 12.2. The Morgan fingerprint density at radius 1 is 1.28 bits per heavy atom. The van der Waals surface area contributed by atoms with Crippen LogP contribution in [0.2, 0.25) is 0 Å². The van der Waals surface area contributed by atoms with Crippen molar-refractivity contribution in [3.63, 3.8) is 0 Å². The Morgan fingerprint density at radius 2 is 2.16 bits per heavy atom. The second-order valence-electron chi connectivity index (χ2n) is 6.80. The van der Waals surface area contributed by atoms with Crippen molar-refractivity contribution in [2.75, 3.05) is 13.2 Å². The molecule has 0 unspecified atom stereocenters. The van der Waals surface area contributed by atoms with E-state index in [1.807, 2.05) is 25.5 Å². The summed E-state index contributed by atoms with van der Waals surface area (Å²) in [7, 11) is 4.11. The van der Waals surface area contributed by atoms with Gasteiger partial charge < -0.3 is 19.2 Å². The first-order valence-electron chi connectivity index (χ1n) is 8.94. The van der Waals surface area contributed by atoms with Gasteiger partial charge in [0.25, 0.3) is 0 Å². The van der Waals surface area contributed by atoms with Crippen LogP contribution in [0.1, 0.15) is 30.6 Å². The van der Waals surface area contributed by atoms with Crippen LogP contribution in [-0.2, 0) is 25.4 Å². The molecule has 6 nitrogen and oxygen atoms in total. The fraction of sp³-hybridized carbons (Fsp3) is 0.474. The molecule has 0 radical (unpaired) electrons. The normalized spacial score (nSPS) is 21.0. The fourth-order valence-electron chi connectivity index (χ4n) is 3.71. The first kappa shape index (κ1) is 16.3. The molecule has 1 aliphatic heterocycles. The molecule has 2 atom stereocenters. The highest BCUT2D eigenvalue weighted by molar-refractivity contribution is 5.75. The summed E-state index contributed by atoms with van der Waals surface area (Å²) in [5.74, 6) is 2.52. The minimum absolute atomic E-state index is 0.0710. The quantitative estimate of drug-likeness (QED) is 0.776. The summed E-state index contributed by atoms with van der Waals surface area (Å²) in [6, 6.07) is 8.25. The molecule has 1 aliphatic rings. The average molecular weight is 339 g/mol. The third-order valence-electron chi connectivity index (χ3n) is 5.13. The minimum atomic E-state index is 0.0710. The fourth-order valence-corrected chi connectivity index (χ4v) is 3.71. The lowest BCUT2D eigenvalue weighted by Crippen LogP contribution is -2.33. The summed E-state index contributed by atoms with van der Waals surface area (Å²) in [5, 5.41) is 3.58. The molecule has 0 bridgehead atoms. The SMILES string of the molecule is Cn1ccnc1[C@@H]1OCCC[C@H]1CNCc1nc2ccccc2n1C. The molecule has 0 spiro atoms. The van der Waals surface area contributed by atoms with Gasteiger partial charge in [0, 0.05) is 45.6 Å². The maximum absolute atomic E-state index is 6.05. The Morgan fingerprint density at radius 3 is 2.96 bits per heavy atom. The molecule has 4 rings (SSSR count). The van der Waals surface area contributed by atoms with Crippen molar-refractivity contribution >= 4 is 11.0 Å². The summed E-state index contributed by atoms with van der Waals surface area (Å²) >= 11 is 0. The van der Waals surface area contributed by atoms with Crippen molar-refractivity contribution in [1.82, 2.24) is 24.4 Å². The van der Waals surface area contributed by atoms with Crippen LogP contribution in [0.25, 0.3) is 11.0 Å². The monoisotopic (exact) mass is 339 g/mol. The molecule has 3 aromatic rings. The van der Waals surface area contributed by atoms with E-state index in [1.54, 1.807) is 0 Å². The molecule has 6 heteroatoms. The van der Waals surface area contributed by atoms with Crippen LogP contribution in [0.4, 0.5) is 0 Å². The van der Waals surface area contributed by atoms with Crippen molar-refractivity contribution in [1.29, 1.82) is 0 Å². The molecule has 1 N–H and O–H groups in total. The summed E-state index contributed by atoms with van der Waals surface area (Å²) in [5.41, 5.74) is 2.22. The van der Waals surface area contributed by atoms with Gasteiger partial charge in [-0.05, 0) is 25.0 Å². The van der Waals surface area contributed by atoms with E-state index in [-0.39, 0.29) is 6.10 Å². The number of ether oxygens (including phenoxy) is 1. The van der Waals surface area contributed by atoms with Crippen molar-refractivity contribution in [2.45, 2.75) is 25.5 Å². The number of aromatic nitrogens is 4. The number of hydrogen-bond donors (Lipinski definition) is 1. The van der Waals surface area contributed by atoms with Crippen molar-refractivity contribution < 1.29 is 4.74 Å². The number of benzene rings is 1. The van der Waals surface area contributed by atoms with Gasteiger partial charge in [0.05, 0.1) is 17.6 Å². The highest BCUT2D eigenvalue weighted by Gasteiger charge is 2.30. The summed E-state index contributed by atoms with van der Waals surface area (Å²) < 4.78 is 10.3. The molecule has 2 aromatic heterocycles. The molecular weight excluding hydrogens is 314 g/mol. The average Bonchev–Trinajstić information content (AvgIpc) is 3.20. The van der Waals surface area contributed by atoms with E-state index in [0.717, 1.165) is 49.7 Å². The second kappa shape index (κ2) is 6.98. The zero-order chi connectivity index (χ0) is 17.2. The Labute approximate surface area is 147 Å². The number of fused-ring (bicyclic) bond motifs is 1. The number of hydrogen-bond acceptors (Lipinski definition) is 4. The highest BCUT2D eigenvalue weighted by Crippen LogP contribution is 2.32. The Bertz CT molecular complexity index is 852. The highest BCUT2D eigenvalue weighted by atomic mass is 16.5. The number of nitrogens with one attached hydrogen (secondary N) is 1. The Kier molecular flexibility index (Phi) is 4.55. The van der Waals surface area contributed by atoms with E-state index in [4.69, 9.17) is 9.72 Å². The molecule has 0 saturated carbocycles. The molecule has 25 heavy (non-hydrogen) atoms. The van der Waals surface area contributed by atoms with Crippen LogP contribution in [0.15, 0.2) is 36.7 Å². The lowest BCUT2D eigenvalue weighted by Gasteiger charge is -2.31.